The number of aliphatic hydroxyl groups is 1. The molecule has 1 aromatic heterocycles. The van der Waals surface area contributed by atoms with Crippen molar-refractivity contribution in [3.63, 3.8) is 0 Å². The second kappa shape index (κ2) is 6.82. The molecule has 3 atom stereocenters. The summed E-state index contributed by atoms with van der Waals surface area (Å²) in [4.78, 5) is 4.00. The van der Waals surface area contributed by atoms with E-state index in [1.807, 2.05) is 29.0 Å². The molecule has 1 saturated carbocycles. The van der Waals surface area contributed by atoms with Crippen LogP contribution in [-0.4, -0.2) is 35.2 Å². The van der Waals surface area contributed by atoms with E-state index in [-0.39, 0.29) is 11.7 Å². The molecule has 0 bridgehead atoms. The van der Waals surface area contributed by atoms with Crippen molar-refractivity contribution in [2.24, 2.45) is 5.92 Å². The highest BCUT2D eigenvalue weighted by molar-refractivity contribution is 7.88. The van der Waals surface area contributed by atoms with Gasteiger partial charge in [0.1, 0.15) is 0 Å². The molecule has 1 aromatic carbocycles. The number of rotatable bonds is 6. The van der Waals surface area contributed by atoms with Crippen LogP contribution in [0.5, 0.6) is 0 Å². The molecule has 1 fully saturated rings. The lowest BCUT2D eigenvalue weighted by atomic mass is 10.1. The topological polar surface area (TPSA) is 84.2 Å². The Kier molecular flexibility index (Phi) is 4.79. The van der Waals surface area contributed by atoms with Crippen LogP contribution in [0.15, 0.2) is 49.1 Å². The van der Waals surface area contributed by atoms with Gasteiger partial charge in [0.2, 0.25) is 10.0 Å². The molecule has 1 unspecified atom stereocenters. The van der Waals surface area contributed by atoms with Crippen molar-refractivity contribution in [3.8, 4) is 0 Å². The lowest BCUT2D eigenvalue weighted by Crippen LogP contribution is -2.40. The minimum Gasteiger partial charge on any atom is -0.391 e. The zero-order chi connectivity index (χ0) is 16.3. The van der Waals surface area contributed by atoms with Crippen LogP contribution in [0.3, 0.4) is 0 Å². The van der Waals surface area contributed by atoms with Crippen LogP contribution in [0.1, 0.15) is 18.4 Å². The van der Waals surface area contributed by atoms with Crippen LogP contribution < -0.4 is 4.72 Å². The van der Waals surface area contributed by atoms with Crippen molar-refractivity contribution in [1.82, 2.24) is 14.3 Å². The molecule has 3 rings (SSSR count). The SMILES string of the molecule is O=S(=O)(Cc1ccccc1)N[C@@H]1CC(Cn2ccnc2)C[C@H]1O. The highest BCUT2D eigenvalue weighted by atomic mass is 32.2. The first-order valence-corrected chi connectivity index (χ1v) is 9.35. The third kappa shape index (κ3) is 4.40. The molecule has 7 heteroatoms. The summed E-state index contributed by atoms with van der Waals surface area (Å²) in [6, 6.07) is 8.63. The van der Waals surface area contributed by atoms with Crippen LogP contribution in [0.2, 0.25) is 0 Å². The molecule has 1 aliphatic rings. The largest absolute Gasteiger partial charge is 0.391 e. The fourth-order valence-electron chi connectivity index (χ4n) is 3.15. The fraction of sp³-hybridized carbons (Fsp3) is 0.438. The third-order valence-corrected chi connectivity index (χ3v) is 5.56. The summed E-state index contributed by atoms with van der Waals surface area (Å²) in [6.45, 7) is 0.744. The minimum atomic E-state index is -3.47. The number of nitrogens with one attached hydrogen (secondary N) is 1. The summed E-state index contributed by atoms with van der Waals surface area (Å²) in [5.74, 6) is 0.173. The number of hydrogen-bond acceptors (Lipinski definition) is 4. The second-order valence-electron chi connectivity index (χ2n) is 6.13. The third-order valence-electron chi connectivity index (χ3n) is 4.19. The molecule has 0 radical (unpaired) electrons. The normalized spacial score (nSPS) is 24.8. The van der Waals surface area contributed by atoms with Gasteiger partial charge in [-0.05, 0) is 24.3 Å². The smallest absolute Gasteiger partial charge is 0.216 e. The molecule has 0 amide bonds. The Hall–Kier alpha value is -1.70. The molecular weight excluding hydrogens is 314 g/mol. The summed E-state index contributed by atoms with van der Waals surface area (Å²) >= 11 is 0. The number of imidazole rings is 1. The summed E-state index contributed by atoms with van der Waals surface area (Å²) in [6.07, 6.45) is 5.91. The quantitative estimate of drug-likeness (QED) is 0.829. The van der Waals surface area contributed by atoms with Gasteiger partial charge in [0.15, 0.2) is 0 Å². The standard InChI is InChI=1S/C16H21N3O3S/c20-16-9-14(10-19-7-6-17-12-19)8-15(16)18-23(21,22)11-13-4-2-1-3-5-13/h1-7,12,14-16,18,20H,8-11H2/t14?,15-,16-/m1/s1. The zero-order valence-electron chi connectivity index (χ0n) is 12.7. The van der Waals surface area contributed by atoms with Crippen molar-refractivity contribution in [1.29, 1.82) is 0 Å². The van der Waals surface area contributed by atoms with E-state index in [9.17, 15) is 13.5 Å². The molecule has 2 aromatic rings. The minimum absolute atomic E-state index is 0.0662. The van der Waals surface area contributed by atoms with Gasteiger partial charge in [-0.2, -0.15) is 0 Å². The Labute approximate surface area is 136 Å². The van der Waals surface area contributed by atoms with E-state index in [4.69, 9.17) is 0 Å². The molecule has 0 aliphatic heterocycles. The number of aliphatic hydroxyl groups excluding tert-OH is 1. The summed E-state index contributed by atoms with van der Waals surface area (Å²) < 4.78 is 29.2. The maximum Gasteiger partial charge on any atom is 0.216 e. The van der Waals surface area contributed by atoms with Gasteiger partial charge in [0, 0.05) is 25.0 Å². The van der Waals surface area contributed by atoms with Gasteiger partial charge in [-0.1, -0.05) is 30.3 Å². The molecule has 0 saturated heterocycles. The maximum absolute atomic E-state index is 12.3. The molecular formula is C16H21N3O3S. The lowest BCUT2D eigenvalue weighted by Gasteiger charge is -2.16. The van der Waals surface area contributed by atoms with E-state index >= 15 is 0 Å². The van der Waals surface area contributed by atoms with Crippen molar-refractivity contribution >= 4 is 10.0 Å². The monoisotopic (exact) mass is 335 g/mol. The number of benzene rings is 1. The van der Waals surface area contributed by atoms with Crippen molar-refractivity contribution in [2.45, 2.75) is 37.3 Å². The number of sulfonamides is 1. The molecule has 1 heterocycles. The van der Waals surface area contributed by atoms with Crippen LogP contribution >= 0.6 is 0 Å². The van der Waals surface area contributed by atoms with E-state index in [1.165, 1.54) is 0 Å². The predicted molar refractivity (Wildman–Crippen MR) is 86.9 cm³/mol. The van der Waals surface area contributed by atoms with E-state index in [1.54, 1.807) is 24.7 Å². The zero-order valence-corrected chi connectivity index (χ0v) is 13.6. The average Bonchev–Trinajstić information content (AvgIpc) is 3.10. The Morgan fingerprint density at radius 2 is 2.04 bits per heavy atom. The molecule has 23 heavy (non-hydrogen) atoms. The summed E-state index contributed by atoms with van der Waals surface area (Å²) in [7, 11) is -3.47. The molecule has 6 nitrogen and oxygen atoms in total. The Balaban J connectivity index is 1.59. The van der Waals surface area contributed by atoms with Crippen molar-refractivity contribution < 1.29 is 13.5 Å². The highest BCUT2D eigenvalue weighted by Crippen LogP contribution is 2.28. The molecule has 0 spiro atoms. The highest BCUT2D eigenvalue weighted by Gasteiger charge is 2.35. The average molecular weight is 335 g/mol. The van der Waals surface area contributed by atoms with E-state index in [0.29, 0.717) is 12.8 Å². The fourth-order valence-corrected chi connectivity index (χ4v) is 4.58. The van der Waals surface area contributed by atoms with Crippen molar-refractivity contribution in [3.05, 3.63) is 54.6 Å². The van der Waals surface area contributed by atoms with Crippen LogP contribution in [0.4, 0.5) is 0 Å². The number of aromatic nitrogens is 2. The number of nitrogens with zero attached hydrogens (tertiary/aromatic N) is 2. The Morgan fingerprint density at radius 3 is 2.74 bits per heavy atom. The summed E-state index contributed by atoms with van der Waals surface area (Å²) in [5, 5.41) is 10.2. The predicted octanol–water partition coefficient (Wildman–Crippen LogP) is 1.14. The van der Waals surface area contributed by atoms with Crippen molar-refractivity contribution in [2.75, 3.05) is 0 Å². The number of hydrogen-bond donors (Lipinski definition) is 2. The van der Waals surface area contributed by atoms with Crippen LogP contribution in [0.25, 0.3) is 0 Å². The van der Waals surface area contributed by atoms with Gasteiger partial charge < -0.3 is 9.67 Å². The first-order valence-electron chi connectivity index (χ1n) is 7.69. The molecule has 124 valence electrons. The van der Waals surface area contributed by atoms with Gasteiger partial charge in [0.25, 0.3) is 0 Å². The maximum atomic E-state index is 12.3. The van der Waals surface area contributed by atoms with Crippen LogP contribution in [0, 0.1) is 5.92 Å². The van der Waals surface area contributed by atoms with E-state index in [0.717, 1.165) is 12.1 Å². The molecule has 1 aliphatic carbocycles. The van der Waals surface area contributed by atoms with Gasteiger partial charge in [0.05, 0.1) is 18.2 Å². The van der Waals surface area contributed by atoms with E-state index in [2.05, 4.69) is 9.71 Å². The summed E-state index contributed by atoms with van der Waals surface area (Å²) in [5.41, 5.74) is 0.738. The van der Waals surface area contributed by atoms with Gasteiger partial charge in [-0.3, -0.25) is 0 Å². The molecule has 2 N–H and O–H groups in total. The first kappa shape index (κ1) is 16.2. The first-order chi connectivity index (χ1) is 11.0. The lowest BCUT2D eigenvalue weighted by molar-refractivity contribution is 0.154. The van der Waals surface area contributed by atoms with Gasteiger partial charge in [-0.15, -0.1) is 0 Å². The van der Waals surface area contributed by atoms with E-state index < -0.39 is 22.2 Å². The Bertz CT molecular complexity index is 716. The van der Waals surface area contributed by atoms with Gasteiger partial charge in [-0.25, -0.2) is 18.1 Å². The Morgan fingerprint density at radius 1 is 1.26 bits per heavy atom. The van der Waals surface area contributed by atoms with Gasteiger partial charge >= 0.3 is 0 Å². The second-order valence-corrected chi connectivity index (χ2v) is 7.89. The van der Waals surface area contributed by atoms with Crippen LogP contribution in [-0.2, 0) is 22.3 Å².